The van der Waals surface area contributed by atoms with E-state index < -0.39 is 10.0 Å². The summed E-state index contributed by atoms with van der Waals surface area (Å²) in [5.74, 6) is 0. The number of nitrogens with zero attached hydrogens (tertiary/aromatic N) is 1. The van der Waals surface area contributed by atoms with Crippen LogP contribution in [0.5, 0.6) is 0 Å². The summed E-state index contributed by atoms with van der Waals surface area (Å²) >= 11 is 0. The molecule has 0 bridgehead atoms. The third kappa shape index (κ3) is 3.07. The molecule has 0 N–H and O–H groups in total. The van der Waals surface area contributed by atoms with Crippen molar-refractivity contribution in [3.8, 4) is 0 Å². The van der Waals surface area contributed by atoms with Crippen molar-refractivity contribution in [3.63, 3.8) is 0 Å². The monoisotopic (exact) mass is 295 g/mol. The Kier molecular flexibility index (Phi) is 4.86. The number of hydrogen-bond acceptors (Lipinski definition) is 2. The third-order valence-corrected chi connectivity index (χ3v) is 6.40. The molecule has 1 aromatic carbocycles. The Morgan fingerprint density at radius 1 is 1.10 bits per heavy atom. The molecular formula is C16H25NO2S. The summed E-state index contributed by atoms with van der Waals surface area (Å²) in [7, 11) is -3.36. The smallest absolute Gasteiger partial charge is 0.207 e. The second kappa shape index (κ2) is 6.27. The summed E-state index contributed by atoms with van der Waals surface area (Å²) in [5.41, 5.74) is 2.16. The first-order chi connectivity index (χ1) is 9.46. The Labute approximate surface area is 123 Å². The van der Waals surface area contributed by atoms with E-state index in [4.69, 9.17) is 0 Å². The molecule has 4 heteroatoms. The first kappa shape index (κ1) is 15.5. The molecule has 1 aliphatic rings. The van der Waals surface area contributed by atoms with Gasteiger partial charge in [0.2, 0.25) is 10.0 Å². The summed E-state index contributed by atoms with van der Waals surface area (Å²) in [5, 5.41) is 0. The van der Waals surface area contributed by atoms with Crippen LogP contribution in [0.1, 0.15) is 50.2 Å². The molecule has 0 spiro atoms. The van der Waals surface area contributed by atoms with Gasteiger partial charge in [-0.25, -0.2) is 8.42 Å². The van der Waals surface area contributed by atoms with Crippen molar-refractivity contribution in [2.24, 2.45) is 0 Å². The largest absolute Gasteiger partial charge is 0.243 e. The molecule has 20 heavy (non-hydrogen) atoms. The molecule has 2 rings (SSSR count). The highest BCUT2D eigenvalue weighted by atomic mass is 32.2. The average molecular weight is 295 g/mol. The molecule has 0 atom stereocenters. The van der Waals surface area contributed by atoms with Gasteiger partial charge in [-0.05, 0) is 49.9 Å². The van der Waals surface area contributed by atoms with Crippen LogP contribution >= 0.6 is 0 Å². The molecule has 0 heterocycles. The quantitative estimate of drug-likeness (QED) is 0.850. The fourth-order valence-electron chi connectivity index (χ4n) is 3.00. The van der Waals surface area contributed by atoms with Crippen LogP contribution < -0.4 is 0 Å². The van der Waals surface area contributed by atoms with Crippen LogP contribution in [-0.2, 0) is 10.0 Å². The first-order valence-corrected chi connectivity index (χ1v) is 9.00. The van der Waals surface area contributed by atoms with Gasteiger partial charge in [0, 0.05) is 12.6 Å². The standard InChI is InChI=1S/C16H25NO2S/c1-4-17(15-8-6-5-7-9-15)20(18,19)16-11-10-13(2)14(3)12-16/h10-12,15H,4-9H2,1-3H3. The normalized spacial score (nSPS) is 17.6. The Morgan fingerprint density at radius 2 is 1.75 bits per heavy atom. The summed E-state index contributed by atoms with van der Waals surface area (Å²) in [4.78, 5) is 0.438. The maximum Gasteiger partial charge on any atom is 0.243 e. The predicted octanol–water partition coefficient (Wildman–Crippen LogP) is 3.65. The summed E-state index contributed by atoms with van der Waals surface area (Å²) < 4.78 is 27.4. The van der Waals surface area contributed by atoms with Gasteiger partial charge in [0.05, 0.1) is 4.90 Å². The molecule has 1 fully saturated rings. The molecule has 0 amide bonds. The van der Waals surface area contributed by atoms with E-state index in [9.17, 15) is 8.42 Å². The van der Waals surface area contributed by atoms with Crippen LogP contribution in [0.2, 0.25) is 0 Å². The van der Waals surface area contributed by atoms with E-state index in [-0.39, 0.29) is 6.04 Å². The average Bonchev–Trinajstić information content (AvgIpc) is 2.43. The summed E-state index contributed by atoms with van der Waals surface area (Å²) in [6.07, 6.45) is 5.51. The van der Waals surface area contributed by atoms with Crippen molar-refractivity contribution >= 4 is 10.0 Å². The highest BCUT2D eigenvalue weighted by Crippen LogP contribution is 2.28. The molecule has 112 valence electrons. The number of rotatable bonds is 4. The predicted molar refractivity (Wildman–Crippen MR) is 82.4 cm³/mol. The Hall–Kier alpha value is -0.870. The van der Waals surface area contributed by atoms with Crippen molar-refractivity contribution in [1.82, 2.24) is 4.31 Å². The van der Waals surface area contributed by atoms with Gasteiger partial charge in [-0.15, -0.1) is 0 Å². The lowest BCUT2D eigenvalue weighted by Gasteiger charge is -2.32. The van der Waals surface area contributed by atoms with Crippen molar-refractivity contribution in [3.05, 3.63) is 29.3 Å². The lowest BCUT2D eigenvalue weighted by molar-refractivity contribution is 0.261. The van der Waals surface area contributed by atoms with Crippen molar-refractivity contribution in [2.45, 2.75) is 63.8 Å². The lowest BCUT2D eigenvalue weighted by atomic mass is 9.95. The summed E-state index contributed by atoms with van der Waals surface area (Å²) in [6.45, 7) is 6.46. The van der Waals surface area contributed by atoms with E-state index in [2.05, 4.69) is 0 Å². The zero-order chi connectivity index (χ0) is 14.8. The van der Waals surface area contributed by atoms with Crippen LogP contribution in [0.3, 0.4) is 0 Å². The number of benzene rings is 1. The van der Waals surface area contributed by atoms with Gasteiger partial charge in [-0.1, -0.05) is 32.3 Å². The molecule has 1 saturated carbocycles. The highest BCUT2D eigenvalue weighted by Gasteiger charge is 2.31. The third-order valence-electron chi connectivity index (χ3n) is 4.38. The first-order valence-electron chi connectivity index (χ1n) is 7.56. The molecule has 0 unspecified atom stereocenters. The van der Waals surface area contributed by atoms with Crippen molar-refractivity contribution in [1.29, 1.82) is 0 Å². The molecule has 3 nitrogen and oxygen atoms in total. The minimum Gasteiger partial charge on any atom is -0.207 e. The zero-order valence-corrected chi connectivity index (χ0v) is 13.5. The van der Waals surface area contributed by atoms with Gasteiger partial charge in [0.1, 0.15) is 0 Å². The van der Waals surface area contributed by atoms with E-state index >= 15 is 0 Å². The molecule has 1 aliphatic carbocycles. The number of sulfonamides is 1. The van der Waals surface area contributed by atoms with Gasteiger partial charge in [-0.2, -0.15) is 4.31 Å². The maximum absolute atomic E-state index is 12.9. The van der Waals surface area contributed by atoms with Crippen LogP contribution in [0, 0.1) is 13.8 Å². The fourth-order valence-corrected chi connectivity index (χ4v) is 4.78. The Balaban J connectivity index is 2.32. The fraction of sp³-hybridized carbons (Fsp3) is 0.625. The lowest BCUT2D eigenvalue weighted by Crippen LogP contribution is -2.41. The molecule has 1 aromatic rings. The molecule has 0 aliphatic heterocycles. The second-order valence-corrected chi connectivity index (χ2v) is 7.64. The SMILES string of the molecule is CCN(C1CCCCC1)S(=O)(=O)c1ccc(C)c(C)c1. The molecular weight excluding hydrogens is 270 g/mol. The number of hydrogen-bond donors (Lipinski definition) is 0. The number of aryl methyl sites for hydroxylation is 2. The van der Waals surface area contributed by atoms with Crippen molar-refractivity contribution in [2.75, 3.05) is 6.54 Å². The highest BCUT2D eigenvalue weighted by molar-refractivity contribution is 7.89. The second-order valence-electron chi connectivity index (χ2n) is 5.75. The van der Waals surface area contributed by atoms with Gasteiger partial charge >= 0.3 is 0 Å². The van der Waals surface area contributed by atoms with Crippen molar-refractivity contribution < 1.29 is 8.42 Å². The molecule has 0 radical (unpaired) electrons. The molecule has 0 saturated heterocycles. The molecule has 0 aromatic heterocycles. The van der Waals surface area contributed by atoms with E-state index in [0.29, 0.717) is 11.4 Å². The Bertz CT molecular complexity index is 560. The minimum atomic E-state index is -3.36. The van der Waals surface area contributed by atoms with Crippen LogP contribution in [0.15, 0.2) is 23.1 Å². The van der Waals surface area contributed by atoms with E-state index in [1.807, 2.05) is 26.8 Å². The van der Waals surface area contributed by atoms with E-state index in [0.717, 1.165) is 36.8 Å². The van der Waals surface area contributed by atoms with Crippen LogP contribution in [0.25, 0.3) is 0 Å². The Morgan fingerprint density at radius 3 is 2.30 bits per heavy atom. The van der Waals surface area contributed by atoms with Gasteiger partial charge in [0.25, 0.3) is 0 Å². The van der Waals surface area contributed by atoms with E-state index in [1.54, 1.807) is 16.4 Å². The van der Waals surface area contributed by atoms with E-state index in [1.165, 1.54) is 6.42 Å². The van der Waals surface area contributed by atoms with Gasteiger partial charge < -0.3 is 0 Å². The zero-order valence-electron chi connectivity index (χ0n) is 12.7. The minimum absolute atomic E-state index is 0.181. The van der Waals surface area contributed by atoms with Gasteiger partial charge in [-0.3, -0.25) is 0 Å². The van der Waals surface area contributed by atoms with Gasteiger partial charge in [0.15, 0.2) is 0 Å². The maximum atomic E-state index is 12.9. The topological polar surface area (TPSA) is 37.4 Å². The summed E-state index contributed by atoms with van der Waals surface area (Å²) in [6, 6.07) is 5.62. The van der Waals surface area contributed by atoms with Crippen LogP contribution in [0.4, 0.5) is 0 Å². The van der Waals surface area contributed by atoms with Crippen LogP contribution in [-0.4, -0.2) is 25.3 Å².